The average molecular weight is 326 g/mol. The number of nitrogens with zero attached hydrogens (tertiary/aromatic N) is 2. The fourth-order valence-electron chi connectivity index (χ4n) is 2.79. The number of carbonyl (C=O) groups excluding carboxylic acids is 2. The van der Waals surface area contributed by atoms with Gasteiger partial charge in [0, 0.05) is 18.7 Å². The SMILES string of the molecule is CCOC(=O)C(=Cc1ncn2c1CCc1ccccc1-2)OC(C)=O. The van der Waals surface area contributed by atoms with Gasteiger partial charge < -0.3 is 14.0 Å². The molecule has 1 aromatic heterocycles. The molecule has 3 rings (SSSR count). The summed E-state index contributed by atoms with van der Waals surface area (Å²) in [6.07, 6.45) is 4.87. The van der Waals surface area contributed by atoms with Crippen molar-refractivity contribution in [2.75, 3.05) is 6.61 Å². The van der Waals surface area contributed by atoms with Crippen molar-refractivity contribution in [2.24, 2.45) is 0 Å². The Morgan fingerprint density at radius 2 is 2.08 bits per heavy atom. The highest BCUT2D eigenvalue weighted by Crippen LogP contribution is 2.27. The number of imidazole rings is 1. The van der Waals surface area contributed by atoms with Crippen LogP contribution in [0.2, 0.25) is 0 Å². The highest BCUT2D eigenvalue weighted by Gasteiger charge is 2.21. The highest BCUT2D eigenvalue weighted by molar-refractivity contribution is 5.93. The van der Waals surface area contributed by atoms with Crippen molar-refractivity contribution in [3.05, 3.63) is 53.3 Å². The molecule has 6 heteroatoms. The minimum Gasteiger partial charge on any atom is -0.460 e. The molecule has 2 aromatic rings. The van der Waals surface area contributed by atoms with Gasteiger partial charge in [-0.3, -0.25) is 4.79 Å². The number of para-hydroxylation sites is 1. The van der Waals surface area contributed by atoms with Gasteiger partial charge in [-0.1, -0.05) is 18.2 Å². The van der Waals surface area contributed by atoms with Crippen molar-refractivity contribution in [1.29, 1.82) is 0 Å². The van der Waals surface area contributed by atoms with Crippen LogP contribution in [0.25, 0.3) is 11.8 Å². The number of rotatable bonds is 4. The lowest BCUT2D eigenvalue weighted by Gasteiger charge is -2.19. The van der Waals surface area contributed by atoms with Crippen LogP contribution in [-0.4, -0.2) is 28.1 Å². The first kappa shape index (κ1) is 16.0. The van der Waals surface area contributed by atoms with Gasteiger partial charge in [-0.05, 0) is 31.4 Å². The van der Waals surface area contributed by atoms with E-state index in [4.69, 9.17) is 9.47 Å². The highest BCUT2D eigenvalue weighted by atomic mass is 16.6. The number of aromatic nitrogens is 2. The van der Waals surface area contributed by atoms with Crippen LogP contribution in [0.1, 0.15) is 30.8 Å². The van der Waals surface area contributed by atoms with E-state index in [1.165, 1.54) is 18.6 Å². The first-order valence-electron chi connectivity index (χ1n) is 7.82. The summed E-state index contributed by atoms with van der Waals surface area (Å²) in [5.41, 5.74) is 3.91. The molecule has 2 heterocycles. The van der Waals surface area contributed by atoms with E-state index < -0.39 is 11.9 Å². The summed E-state index contributed by atoms with van der Waals surface area (Å²) in [5, 5.41) is 0. The van der Waals surface area contributed by atoms with Gasteiger partial charge in [0.1, 0.15) is 6.33 Å². The quantitative estimate of drug-likeness (QED) is 0.490. The zero-order chi connectivity index (χ0) is 17.1. The molecule has 0 saturated heterocycles. The zero-order valence-electron chi connectivity index (χ0n) is 13.6. The summed E-state index contributed by atoms with van der Waals surface area (Å²) in [6.45, 7) is 3.14. The molecule has 0 amide bonds. The molecule has 0 unspecified atom stereocenters. The monoisotopic (exact) mass is 326 g/mol. The minimum absolute atomic E-state index is 0.148. The van der Waals surface area contributed by atoms with Gasteiger partial charge in [-0.2, -0.15) is 0 Å². The number of ether oxygens (including phenoxy) is 2. The molecule has 0 bridgehead atoms. The van der Waals surface area contributed by atoms with Crippen LogP contribution in [0, 0.1) is 0 Å². The van der Waals surface area contributed by atoms with Crippen LogP contribution in [-0.2, 0) is 31.9 Å². The van der Waals surface area contributed by atoms with Crippen molar-refractivity contribution in [2.45, 2.75) is 26.7 Å². The Hall–Kier alpha value is -2.89. The molecule has 124 valence electrons. The van der Waals surface area contributed by atoms with E-state index in [2.05, 4.69) is 11.1 Å². The summed E-state index contributed by atoms with van der Waals surface area (Å²) < 4.78 is 11.9. The fraction of sp³-hybridized carbons (Fsp3) is 0.278. The van der Waals surface area contributed by atoms with Crippen LogP contribution in [0.3, 0.4) is 0 Å². The maximum absolute atomic E-state index is 12.0. The number of fused-ring (bicyclic) bond motifs is 3. The van der Waals surface area contributed by atoms with Gasteiger partial charge in [-0.25, -0.2) is 9.78 Å². The van der Waals surface area contributed by atoms with Crippen LogP contribution < -0.4 is 0 Å². The molecule has 0 aliphatic carbocycles. The Bertz CT molecular complexity index is 820. The Labute approximate surface area is 139 Å². The molecule has 0 radical (unpaired) electrons. The predicted molar refractivity (Wildman–Crippen MR) is 87.3 cm³/mol. The first-order valence-corrected chi connectivity index (χ1v) is 7.82. The first-order chi connectivity index (χ1) is 11.6. The molecular weight excluding hydrogens is 308 g/mol. The maximum atomic E-state index is 12.0. The molecule has 0 atom stereocenters. The van der Waals surface area contributed by atoms with Crippen molar-refractivity contribution < 1.29 is 19.1 Å². The third-order valence-corrected chi connectivity index (χ3v) is 3.78. The van der Waals surface area contributed by atoms with Crippen LogP contribution in [0.5, 0.6) is 0 Å². The lowest BCUT2D eigenvalue weighted by Crippen LogP contribution is -2.14. The smallest absolute Gasteiger partial charge is 0.374 e. The molecule has 0 N–H and O–H groups in total. The van der Waals surface area contributed by atoms with Crippen LogP contribution in [0.15, 0.2) is 36.4 Å². The second-order valence-corrected chi connectivity index (χ2v) is 5.40. The topological polar surface area (TPSA) is 70.4 Å². The average Bonchev–Trinajstić information content (AvgIpc) is 2.97. The van der Waals surface area contributed by atoms with Crippen LogP contribution in [0.4, 0.5) is 0 Å². The third kappa shape index (κ3) is 3.08. The normalized spacial score (nSPS) is 13.0. The number of hydrogen-bond acceptors (Lipinski definition) is 5. The largest absolute Gasteiger partial charge is 0.460 e. The molecule has 0 spiro atoms. The number of esters is 2. The van der Waals surface area contributed by atoms with E-state index in [1.807, 2.05) is 22.8 Å². The maximum Gasteiger partial charge on any atom is 0.374 e. The van der Waals surface area contributed by atoms with Gasteiger partial charge in [0.2, 0.25) is 5.76 Å². The summed E-state index contributed by atoms with van der Waals surface area (Å²) in [7, 11) is 0. The molecule has 6 nitrogen and oxygen atoms in total. The summed E-state index contributed by atoms with van der Waals surface area (Å²) in [5.74, 6) is -1.40. The van der Waals surface area contributed by atoms with Gasteiger partial charge in [0.15, 0.2) is 0 Å². The van der Waals surface area contributed by atoms with Gasteiger partial charge in [-0.15, -0.1) is 0 Å². The van der Waals surface area contributed by atoms with Crippen LogP contribution >= 0.6 is 0 Å². The van der Waals surface area contributed by atoms with Crippen molar-refractivity contribution in [3.8, 4) is 5.69 Å². The summed E-state index contributed by atoms with van der Waals surface area (Å²) >= 11 is 0. The van der Waals surface area contributed by atoms with Gasteiger partial charge >= 0.3 is 11.9 Å². The fourth-order valence-corrected chi connectivity index (χ4v) is 2.79. The van der Waals surface area contributed by atoms with E-state index in [0.717, 1.165) is 24.2 Å². The van der Waals surface area contributed by atoms with E-state index in [9.17, 15) is 9.59 Å². The lowest BCUT2D eigenvalue weighted by molar-refractivity contribution is -0.149. The van der Waals surface area contributed by atoms with Crippen molar-refractivity contribution in [3.63, 3.8) is 0 Å². The molecule has 24 heavy (non-hydrogen) atoms. The van der Waals surface area contributed by atoms with Gasteiger partial charge in [0.05, 0.1) is 18.0 Å². The zero-order valence-corrected chi connectivity index (χ0v) is 13.6. The van der Waals surface area contributed by atoms with E-state index in [1.54, 1.807) is 13.3 Å². The second-order valence-electron chi connectivity index (χ2n) is 5.40. The van der Waals surface area contributed by atoms with E-state index >= 15 is 0 Å². The Balaban J connectivity index is 2.00. The van der Waals surface area contributed by atoms with E-state index in [0.29, 0.717) is 5.69 Å². The predicted octanol–water partition coefficient (Wildman–Crippen LogP) is 2.44. The van der Waals surface area contributed by atoms with Gasteiger partial charge in [0.25, 0.3) is 0 Å². The molecule has 1 aliphatic rings. The second kappa shape index (κ2) is 6.70. The third-order valence-electron chi connectivity index (χ3n) is 3.78. The molecule has 1 aromatic carbocycles. The lowest BCUT2D eigenvalue weighted by atomic mass is 10.0. The number of hydrogen-bond donors (Lipinski definition) is 0. The standard InChI is InChI=1S/C18H18N2O4/c1-3-23-18(22)17(24-12(2)21)10-14-16-9-8-13-6-4-5-7-15(13)20(16)11-19-14/h4-7,10-11H,3,8-9H2,1-2H3. The summed E-state index contributed by atoms with van der Waals surface area (Å²) in [4.78, 5) is 27.6. The van der Waals surface area contributed by atoms with Crippen molar-refractivity contribution in [1.82, 2.24) is 9.55 Å². The molecule has 0 saturated carbocycles. The molecular formula is C18H18N2O4. The number of carbonyl (C=O) groups is 2. The minimum atomic E-state index is -0.675. The molecule has 0 fully saturated rings. The Morgan fingerprint density at radius 3 is 2.83 bits per heavy atom. The van der Waals surface area contributed by atoms with Crippen molar-refractivity contribution >= 4 is 18.0 Å². The summed E-state index contributed by atoms with van der Waals surface area (Å²) in [6, 6.07) is 8.12. The Morgan fingerprint density at radius 1 is 1.29 bits per heavy atom. The van der Waals surface area contributed by atoms with E-state index in [-0.39, 0.29) is 12.4 Å². The molecule has 1 aliphatic heterocycles. The number of aryl methyl sites for hydroxylation is 1. The Kier molecular flexibility index (Phi) is 4.46. The number of benzene rings is 1.